The first-order valence-electron chi connectivity index (χ1n) is 7.29. The SMILES string of the molecule is Clc1cncnc1NC1CCN(Cc2ccccc2)CC1. The van der Waals surface area contributed by atoms with Crippen molar-refractivity contribution in [1.29, 1.82) is 0 Å². The number of hydrogen-bond donors (Lipinski definition) is 1. The van der Waals surface area contributed by atoms with Crippen molar-refractivity contribution >= 4 is 17.4 Å². The lowest BCUT2D eigenvalue weighted by atomic mass is 10.0. The van der Waals surface area contributed by atoms with Crippen LogP contribution in [0, 0.1) is 0 Å². The highest BCUT2D eigenvalue weighted by Gasteiger charge is 2.20. The Morgan fingerprint density at radius 1 is 1.19 bits per heavy atom. The van der Waals surface area contributed by atoms with E-state index in [1.165, 1.54) is 11.9 Å². The van der Waals surface area contributed by atoms with Gasteiger partial charge in [0.05, 0.1) is 6.20 Å². The summed E-state index contributed by atoms with van der Waals surface area (Å²) in [5.41, 5.74) is 1.38. The molecule has 0 aliphatic carbocycles. The van der Waals surface area contributed by atoms with Crippen LogP contribution in [-0.4, -0.2) is 34.0 Å². The second-order valence-corrected chi connectivity index (χ2v) is 5.81. The highest BCUT2D eigenvalue weighted by molar-refractivity contribution is 6.32. The molecule has 2 heterocycles. The molecule has 0 spiro atoms. The Bertz CT molecular complexity index is 567. The average Bonchev–Trinajstić information content (AvgIpc) is 2.52. The van der Waals surface area contributed by atoms with Crippen molar-refractivity contribution in [3.05, 3.63) is 53.4 Å². The number of rotatable bonds is 4. The molecular weight excluding hydrogens is 284 g/mol. The molecule has 1 aliphatic rings. The number of likely N-dealkylation sites (tertiary alicyclic amines) is 1. The third-order valence-corrected chi connectivity index (χ3v) is 4.12. The quantitative estimate of drug-likeness (QED) is 0.941. The third-order valence-electron chi connectivity index (χ3n) is 3.85. The zero-order valence-corrected chi connectivity index (χ0v) is 12.6. The molecule has 4 nitrogen and oxygen atoms in total. The van der Waals surface area contributed by atoms with E-state index in [4.69, 9.17) is 11.6 Å². The Balaban J connectivity index is 1.50. The fraction of sp³-hybridized carbons (Fsp3) is 0.375. The van der Waals surface area contributed by atoms with E-state index < -0.39 is 0 Å². The van der Waals surface area contributed by atoms with Gasteiger partial charge in [0.2, 0.25) is 0 Å². The molecule has 1 fully saturated rings. The van der Waals surface area contributed by atoms with E-state index in [0.717, 1.165) is 38.3 Å². The molecule has 3 rings (SSSR count). The molecule has 0 bridgehead atoms. The van der Waals surface area contributed by atoms with Crippen LogP contribution in [-0.2, 0) is 6.54 Å². The van der Waals surface area contributed by atoms with Gasteiger partial charge in [-0.25, -0.2) is 9.97 Å². The van der Waals surface area contributed by atoms with Crippen LogP contribution < -0.4 is 5.32 Å². The maximum atomic E-state index is 6.08. The van der Waals surface area contributed by atoms with Gasteiger partial charge in [-0.2, -0.15) is 0 Å². The van der Waals surface area contributed by atoms with E-state index in [9.17, 15) is 0 Å². The number of halogens is 1. The molecule has 110 valence electrons. The molecule has 0 unspecified atom stereocenters. The first-order chi connectivity index (χ1) is 10.3. The summed E-state index contributed by atoms with van der Waals surface area (Å²) >= 11 is 6.08. The van der Waals surface area contributed by atoms with Crippen LogP contribution in [0.5, 0.6) is 0 Å². The number of piperidine rings is 1. The summed E-state index contributed by atoms with van der Waals surface area (Å²) in [7, 11) is 0. The fourth-order valence-electron chi connectivity index (χ4n) is 2.69. The average molecular weight is 303 g/mol. The molecule has 1 saturated heterocycles. The second-order valence-electron chi connectivity index (χ2n) is 5.40. The summed E-state index contributed by atoms with van der Waals surface area (Å²) in [5.74, 6) is 0.744. The normalized spacial score (nSPS) is 16.8. The Labute approximate surface area is 130 Å². The Hall–Kier alpha value is -1.65. The lowest BCUT2D eigenvalue weighted by Gasteiger charge is -2.32. The molecule has 0 atom stereocenters. The molecule has 0 radical (unpaired) electrons. The number of nitrogens with zero attached hydrogens (tertiary/aromatic N) is 3. The van der Waals surface area contributed by atoms with Gasteiger partial charge in [0.15, 0.2) is 0 Å². The van der Waals surface area contributed by atoms with Crippen LogP contribution >= 0.6 is 11.6 Å². The smallest absolute Gasteiger partial charge is 0.148 e. The summed E-state index contributed by atoms with van der Waals surface area (Å²) in [6.07, 6.45) is 5.36. The van der Waals surface area contributed by atoms with Crippen molar-refractivity contribution in [3.63, 3.8) is 0 Å². The lowest BCUT2D eigenvalue weighted by molar-refractivity contribution is 0.211. The summed E-state index contributed by atoms with van der Waals surface area (Å²) in [4.78, 5) is 10.6. The molecule has 1 aromatic heterocycles. The van der Waals surface area contributed by atoms with Gasteiger partial charge in [-0.3, -0.25) is 4.90 Å². The van der Waals surface area contributed by atoms with E-state index in [-0.39, 0.29) is 0 Å². The zero-order chi connectivity index (χ0) is 14.5. The number of benzene rings is 1. The van der Waals surface area contributed by atoms with E-state index >= 15 is 0 Å². The van der Waals surface area contributed by atoms with Gasteiger partial charge >= 0.3 is 0 Å². The summed E-state index contributed by atoms with van der Waals surface area (Å²) in [6, 6.07) is 11.1. The number of hydrogen-bond acceptors (Lipinski definition) is 4. The molecule has 5 heteroatoms. The van der Waals surface area contributed by atoms with E-state index in [0.29, 0.717) is 11.1 Å². The summed E-state index contributed by atoms with van der Waals surface area (Å²) < 4.78 is 0. The van der Waals surface area contributed by atoms with Gasteiger partial charge in [-0.05, 0) is 18.4 Å². The van der Waals surface area contributed by atoms with Gasteiger partial charge in [-0.15, -0.1) is 0 Å². The van der Waals surface area contributed by atoms with Crippen molar-refractivity contribution < 1.29 is 0 Å². The minimum absolute atomic E-state index is 0.435. The van der Waals surface area contributed by atoms with Crippen LogP contribution in [0.15, 0.2) is 42.9 Å². The van der Waals surface area contributed by atoms with Crippen LogP contribution in [0.2, 0.25) is 5.02 Å². The second kappa shape index (κ2) is 6.87. The van der Waals surface area contributed by atoms with Crippen LogP contribution in [0.3, 0.4) is 0 Å². The number of anilines is 1. The predicted molar refractivity (Wildman–Crippen MR) is 85.4 cm³/mol. The van der Waals surface area contributed by atoms with Crippen molar-refractivity contribution in [1.82, 2.24) is 14.9 Å². The van der Waals surface area contributed by atoms with Gasteiger partial charge in [0.1, 0.15) is 17.2 Å². The maximum absolute atomic E-state index is 6.08. The standard InChI is InChI=1S/C16H19ClN4/c17-15-10-18-12-19-16(15)20-14-6-8-21(9-7-14)11-13-4-2-1-3-5-13/h1-5,10,12,14H,6-9,11H2,(H,18,19,20). The Morgan fingerprint density at radius 2 is 1.95 bits per heavy atom. The minimum Gasteiger partial charge on any atom is -0.366 e. The van der Waals surface area contributed by atoms with Crippen molar-refractivity contribution in [3.8, 4) is 0 Å². The summed E-state index contributed by atoms with van der Waals surface area (Å²) in [5, 5.41) is 4.01. The van der Waals surface area contributed by atoms with Gasteiger partial charge < -0.3 is 5.32 Å². The van der Waals surface area contributed by atoms with E-state index in [1.807, 2.05) is 0 Å². The molecule has 21 heavy (non-hydrogen) atoms. The Kier molecular flexibility index (Phi) is 4.68. The highest BCUT2D eigenvalue weighted by Crippen LogP contribution is 2.21. The molecule has 1 N–H and O–H groups in total. The molecule has 1 aliphatic heterocycles. The van der Waals surface area contributed by atoms with Crippen LogP contribution in [0.1, 0.15) is 18.4 Å². The van der Waals surface area contributed by atoms with Gasteiger partial charge in [-0.1, -0.05) is 41.9 Å². The first kappa shape index (κ1) is 14.3. The molecule has 0 amide bonds. The van der Waals surface area contributed by atoms with Gasteiger partial charge in [0.25, 0.3) is 0 Å². The topological polar surface area (TPSA) is 41.1 Å². The van der Waals surface area contributed by atoms with Crippen molar-refractivity contribution in [2.75, 3.05) is 18.4 Å². The summed E-state index contributed by atoms with van der Waals surface area (Å²) in [6.45, 7) is 3.21. The van der Waals surface area contributed by atoms with Crippen LogP contribution in [0.25, 0.3) is 0 Å². The lowest BCUT2D eigenvalue weighted by Crippen LogP contribution is -2.38. The number of aromatic nitrogens is 2. The van der Waals surface area contributed by atoms with Crippen LogP contribution in [0.4, 0.5) is 5.82 Å². The van der Waals surface area contributed by atoms with Gasteiger partial charge in [0, 0.05) is 25.7 Å². The monoisotopic (exact) mass is 302 g/mol. The third kappa shape index (κ3) is 3.93. The maximum Gasteiger partial charge on any atom is 0.148 e. The predicted octanol–water partition coefficient (Wildman–Crippen LogP) is 3.21. The molecule has 2 aromatic rings. The number of nitrogens with one attached hydrogen (secondary N) is 1. The van der Waals surface area contributed by atoms with E-state index in [1.54, 1.807) is 6.20 Å². The minimum atomic E-state index is 0.435. The van der Waals surface area contributed by atoms with E-state index in [2.05, 4.69) is 50.5 Å². The Morgan fingerprint density at radius 3 is 2.67 bits per heavy atom. The van der Waals surface area contributed by atoms with Crippen molar-refractivity contribution in [2.24, 2.45) is 0 Å². The molecular formula is C16H19ClN4. The molecule has 0 saturated carbocycles. The zero-order valence-electron chi connectivity index (χ0n) is 11.9. The molecule has 1 aromatic carbocycles. The van der Waals surface area contributed by atoms with Crippen molar-refractivity contribution in [2.45, 2.75) is 25.4 Å². The fourth-order valence-corrected chi connectivity index (χ4v) is 2.85. The highest BCUT2D eigenvalue weighted by atomic mass is 35.5. The largest absolute Gasteiger partial charge is 0.366 e. The first-order valence-corrected chi connectivity index (χ1v) is 7.67.